The highest BCUT2D eigenvalue weighted by Crippen LogP contribution is 2.46. The number of carbonyl (C=O) groups excluding carboxylic acids is 3. The van der Waals surface area contributed by atoms with Crippen LogP contribution in [0.1, 0.15) is 13.8 Å². The molecule has 4 heterocycles. The van der Waals surface area contributed by atoms with Crippen LogP contribution in [0.15, 0.2) is 46.4 Å². The van der Waals surface area contributed by atoms with Crippen molar-refractivity contribution in [3.05, 3.63) is 51.5 Å². The Morgan fingerprint density at radius 3 is 2.81 bits per heavy atom. The summed E-state index contributed by atoms with van der Waals surface area (Å²) in [4.78, 5) is 53.4. The van der Waals surface area contributed by atoms with E-state index < -0.39 is 16.9 Å². The highest BCUT2D eigenvalue weighted by Gasteiger charge is 2.61. The smallest absolute Gasteiger partial charge is 0.404 e. The predicted octanol–water partition coefficient (Wildman–Crippen LogP) is 1.39. The number of nitrogens with two attached hydrogens (primary N) is 1. The highest BCUT2D eigenvalue weighted by molar-refractivity contribution is 8.76. The molecule has 0 aliphatic carbocycles. The van der Waals surface area contributed by atoms with Crippen molar-refractivity contribution in [3.8, 4) is 0 Å². The minimum atomic E-state index is -0.914. The van der Waals surface area contributed by atoms with Crippen LogP contribution in [0.25, 0.3) is 0 Å². The summed E-state index contributed by atoms with van der Waals surface area (Å²) in [6, 6.07) is 3.28. The van der Waals surface area contributed by atoms with Crippen LogP contribution in [0.4, 0.5) is 10.5 Å². The zero-order valence-corrected chi connectivity index (χ0v) is 21.3. The molecule has 0 saturated carbocycles. The molecule has 3 aliphatic rings. The number of nitro groups is 1. The van der Waals surface area contributed by atoms with Crippen LogP contribution in [0.3, 0.4) is 0 Å². The number of Topliss-reactive ketones (excluding diaryl/α,β-unsaturated/α-hetero) is 2. The molecule has 2 saturated heterocycles. The molecule has 0 bridgehead atoms. The van der Waals surface area contributed by atoms with Gasteiger partial charge in [0.25, 0.3) is 5.69 Å². The SMILES string of the molecule is CC(=O)C1=C(C(=O)/C(C)=C/NCCSSc2ccc([N+](=O)[O-])cn2)N2CC3NC3C2C1COC(N)=O. The lowest BCUT2D eigenvalue weighted by Crippen LogP contribution is -2.40. The summed E-state index contributed by atoms with van der Waals surface area (Å²) >= 11 is 0. The molecular weight excluding hydrogens is 508 g/mol. The number of nitrogens with zero attached hydrogens (tertiary/aromatic N) is 3. The number of ether oxygens (including phenoxy) is 1. The number of hydrogen-bond donors (Lipinski definition) is 3. The fraction of sp³-hybridized carbons (Fsp3) is 0.455. The van der Waals surface area contributed by atoms with Crippen LogP contribution in [0, 0.1) is 16.0 Å². The van der Waals surface area contributed by atoms with Gasteiger partial charge in [-0.25, -0.2) is 9.78 Å². The van der Waals surface area contributed by atoms with Gasteiger partial charge in [-0.05, 0) is 30.7 Å². The Morgan fingerprint density at radius 2 is 2.17 bits per heavy atom. The Labute approximate surface area is 215 Å². The number of primary amides is 1. The summed E-state index contributed by atoms with van der Waals surface area (Å²) in [6.45, 7) is 4.26. The maximum atomic E-state index is 13.4. The quantitative estimate of drug-likeness (QED) is 0.0877. The van der Waals surface area contributed by atoms with E-state index in [1.165, 1.54) is 40.8 Å². The Hall–Kier alpha value is -3.10. The van der Waals surface area contributed by atoms with E-state index in [9.17, 15) is 24.5 Å². The molecule has 1 aromatic rings. The Balaban J connectivity index is 1.35. The van der Waals surface area contributed by atoms with E-state index in [0.29, 0.717) is 40.7 Å². The minimum absolute atomic E-state index is 0.0490. The third-order valence-corrected chi connectivity index (χ3v) is 8.53. The molecule has 4 unspecified atom stereocenters. The number of piperazine rings is 1. The third-order valence-electron chi connectivity index (χ3n) is 6.26. The average molecular weight is 535 g/mol. The van der Waals surface area contributed by atoms with Gasteiger partial charge in [0, 0.05) is 60.3 Å². The van der Waals surface area contributed by atoms with Crippen molar-refractivity contribution < 1.29 is 24.0 Å². The summed E-state index contributed by atoms with van der Waals surface area (Å²) in [5.74, 6) is -0.186. The van der Waals surface area contributed by atoms with E-state index in [1.54, 1.807) is 19.2 Å². The number of nitrogens with one attached hydrogen (secondary N) is 2. The summed E-state index contributed by atoms with van der Waals surface area (Å²) in [5, 5.41) is 17.8. The lowest BCUT2D eigenvalue weighted by atomic mass is 9.89. The first-order valence-corrected chi connectivity index (χ1v) is 13.6. The second-order valence-electron chi connectivity index (χ2n) is 8.62. The van der Waals surface area contributed by atoms with Crippen molar-refractivity contribution in [3.63, 3.8) is 0 Å². The van der Waals surface area contributed by atoms with Gasteiger partial charge in [-0.2, -0.15) is 0 Å². The summed E-state index contributed by atoms with van der Waals surface area (Å²) in [5.41, 5.74) is 6.32. The molecule has 12 nitrogen and oxygen atoms in total. The summed E-state index contributed by atoms with van der Waals surface area (Å²) < 4.78 is 5.04. The van der Waals surface area contributed by atoms with Crippen LogP contribution in [0.5, 0.6) is 0 Å². The van der Waals surface area contributed by atoms with E-state index in [1.807, 2.05) is 4.90 Å². The van der Waals surface area contributed by atoms with E-state index >= 15 is 0 Å². The Kier molecular flexibility index (Phi) is 7.85. The lowest BCUT2D eigenvalue weighted by Gasteiger charge is -2.27. The normalized spacial score (nSPS) is 24.3. The second-order valence-corrected chi connectivity index (χ2v) is 11.1. The zero-order valence-electron chi connectivity index (χ0n) is 19.6. The molecule has 0 aromatic carbocycles. The number of amides is 1. The topological polar surface area (TPSA) is 180 Å². The molecule has 192 valence electrons. The number of carbonyl (C=O) groups is 3. The molecule has 0 radical (unpaired) electrons. The Morgan fingerprint density at radius 1 is 1.39 bits per heavy atom. The van der Waals surface area contributed by atoms with E-state index in [0.717, 1.165) is 0 Å². The van der Waals surface area contributed by atoms with Crippen LogP contribution in [0.2, 0.25) is 0 Å². The molecule has 4 atom stereocenters. The number of hydrogen-bond acceptors (Lipinski definition) is 12. The monoisotopic (exact) mass is 534 g/mol. The number of rotatable bonds is 12. The van der Waals surface area contributed by atoms with Gasteiger partial charge in [0.05, 0.1) is 16.7 Å². The highest BCUT2D eigenvalue weighted by atomic mass is 33.1. The molecule has 1 amide bonds. The van der Waals surface area contributed by atoms with Gasteiger partial charge in [0.2, 0.25) is 5.78 Å². The maximum absolute atomic E-state index is 13.4. The van der Waals surface area contributed by atoms with Gasteiger partial charge >= 0.3 is 6.09 Å². The van der Waals surface area contributed by atoms with Crippen molar-refractivity contribution in [1.82, 2.24) is 20.5 Å². The van der Waals surface area contributed by atoms with Gasteiger partial charge in [0.15, 0.2) is 5.78 Å². The number of pyridine rings is 1. The third kappa shape index (κ3) is 5.50. The van der Waals surface area contributed by atoms with Crippen molar-refractivity contribution >= 4 is 44.9 Å². The number of ketones is 2. The lowest BCUT2D eigenvalue weighted by molar-refractivity contribution is -0.385. The molecule has 14 heteroatoms. The first-order valence-electron chi connectivity index (χ1n) is 11.2. The average Bonchev–Trinajstić information content (AvgIpc) is 3.37. The van der Waals surface area contributed by atoms with Gasteiger partial charge < -0.3 is 26.0 Å². The van der Waals surface area contributed by atoms with Crippen molar-refractivity contribution in [1.29, 1.82) is 0 Å². The van der Waals surface area contributed by atoms with Gasteiger partial charge in [0.1, 0.15) is 17.8 Å². The van der Waals surface area contributed by atoms with Crippen molar-refractivity contribution in [2.24, 2.45) is 11.7 Å². The molecule has 4 N–H and O–H groups in total. The Bertz CT molecular complexity index is 1140. The molecule has 0 spiro atoms. The standard InChI is InChI=1S/C22H26N6O6S2/c1-11(7-24-5-6-35-36-16-4-3-13(8-25-16)28(32)33)21(30)20-17(12(2)29)14(10-34-22(23)31)19-18-15(26-18)9-27(19)20/h3-4,7-8,14-15,18-19,24,26H,5-6,9-10H2,1-2H3,(H2,23,31)/b11-7+. The second kappa shape index (κ2) is 10.9. The van der Waals surface area contributed by atoms with Crippen LogP contribution in [-0.2, 0) is 14.3 Å². The van der Waals surface area contributed by atoms with E-state index in [2.05, 4.69) is 15.6 Å². The van der Waals surface area contributed by atoms with Crippen molar-refractivity contribution in [2.45, 2.75) is 37.0 Å². The van der Waals surface area contributed by atoms with Crippen LogP contribution >= 0.6 is 21.6 Å². The first kappa shape index (κ1) is 26.0. The molecule has 4 rings (SSSR count). The molecule has 1 aromatic heterocycles. The van der Waals surface area contributed by atoms with Crippen molar-refractivity contribution in [2.75, 3.05) is 25.4 Å². The maximum Gasteiger partial charge on any atom is 0.404 e. The summed E-state index contributed by atoms with van der Waals surface area (Å²) in [6.07, 6.45) is 1.95. The van der Waals surface area contributed by atoms with Gasteiger partial charge in [-0.15, -0.1) is 0 Å². The fourth-order valence-corrected chi connectivity index (χ4v) is 6.46. The van der Waals surface area contributed by atoms with Crippen LogP contribution in [-0.4, -0.2) is 76.0 Å². The molecule has 3 aliphatic heterocycles. The fourth-order valence-electron chi connectivity index (χ4n) is 4.68. The van der Waals surface area contributed by atoms with Gasteiger partial charge in [-0.1, -0.05) is 10.8 Å². The van der Waals surface area contributed by atoms with E-state index in [-0.39, 0.29) is 42.0 Å². The minimum Gasteiger partial charge on any atom is -0.449 e. The zero-order chi connectivity index (χ0) is 26.0. The predicted molar refractivity (Wildman–Crippen MR) is 134 cm³/mol. The van der Waals surface area contributed by atoms with Gasteiger partial charge in [-0.3, -0.25) is 19.7 Å². The molecule has 2 fully saturated rings. The largest absolute Gasteiger partial charge is 0.449 e. The van der Waals surface area contributed by atoms with E-state index in [4.69, 9.17) is 10.5 Å². The number of fused-ring (bicyclic) bond motifs is 3. The number of allylic oxidation sites excluding steroid dienone is 1. The molecule has 36 heavy (non-hydrogen) atoms. The first-order chi connectivity index (χ1) is 17.2. The molecular formula is C22H26N6O6S2. The van der Waals surface area contributed by atoms with Crippen LogP contribution < -0.4 is 16.4 Å². The number of aromatic nitrogens is 1. The summed E-state index contributed by atoms with van der Waals surface area (Å²) in [7, 11) is 2.93.